The molecule has 3 aromatic rings. The summed E-state index contributed by atoms with van der Waals surface area (Å²) in [5, 5.41) is 20.4. The molecule has 0 aliphatic heterocycles. The fourth-order valence-electron chi connectivity index (χ4n) is 2.61. The number of nitriles is 1. The molecule has 2 N–H and O–H groups in total. The Labute approximate surface area is 182 Å². The van der Waals surface area contributed by atoms with Gasteiger partial charge in [-0.3, -0.25) is 4.79 Å². The van der Waals surface area contributed by atoms with Gasteiger partial charge in [0.15, 0.2) is 11.6 Å². The molecule has 0 saturated carbocycles. The number of para-hydroxylation sites is 2. The second-order valence-corrected chi connectivity index (χ2v) is 7.07. The van der Waals surface area contributed by atoms with E-state index in [4.69, 9.17) is 32.7 Å². The number of allylic oxidation sites excluding steroid dienone is 1. The van der Waals surface area contributed by atoms with Crippen LogP contribution >= 0.6 is 23.2 Å². The molecule has 2 aromatic carbocycles. The molecule has 0 aliphatic rings. The molecule has 9 heteroatoms. The normalized spacial score (nSPS) is 11.6. The van der Waals surface area contributed by atoms with Crippen molar-refractivity contribution in [2.45, 2.75) is 12.8 Å². The van der Waals surface area contributed by atoms with Crippen LogP contribution in [-0.2, 0) is 9.53 Å². The van der Waals surface area contributed by atoms with Gasteiger partial charge in [-0.2, -0.15) is 5.26 Å². The van der Waals surface area contributed by atoms with E-state index in [0.29, 0.717) is 27.7 Å². The number of benzene rings is 2. The Morgan fingerprint density at radius 3 is 2.77 bits per heavy atom. The van der Waals surface area contributed by atoms with Crippen LogP contribution in [0, 0.1) is 11.3 Å². The van der Waals surface area contributed by atoms with Gasteiger partial charge in [0.25, 0.3) is 0 Å². The number of carbonyl (C=O) groups is 1. The van der Waals surface area contributed by atoms with Crippen molar-refractivity contribution in [3.63, 3.8) is 0 Å². The quantitative estimate of drug-likeness (QED) is 0.217. The summed E-state index contributed by atoms with van der Waals surface area (Å²) in [6.07, 6.45) is 0.460. The van der Waals surface area contributed by atoms with E-state index in [0.717, 1.165) is 5.52 Å². The Morgan fingerprint density at radius 2 is 2.03 bits per heavy atom. The molecule has 0 bridgehead atoms. The number of fused-ring (bicyclic) bond motifs is 1. The van der Waals surface area contributed by atoms with Crippen molar-refractivity contribution in [1.29, 1.82) is 5.26 Å². The Kier molecular flexibility index (Phi) is 7.17. The van der Waals surface area contributed by atoms with Gasteiger partial charge >= 0.3 is 5.97 Å². The summed E-state index contributed by atoms with van der Waals surface area (Å²) in [5.74, 6) is -0.233. The number of esters is 1. The summed E-state index contributed by atoms with van der Waals surface area (Å²) in [6, 6.07) is 14.0. The van der Waals surface area contributed by atoms with Gasteiger partial charge in [-0.1, -0.05) is 35.3 Å². The smallest absolute Gasteiger partial charge is 0.306 e. The van der Waals surface area contributed by atoms with E-state index >= 15 is 0 Å². The van der Waals surface area contributed by atoms with Crippen LogP contribution in [0.25, 0.3) is 16.6 Å². The zero-order valence-corrected chi connectivity index (χ0v) is 17.2. The van der Waals surface area contributed by atoms with Gasteiger partial charge in [-0.15, -0.1) is 0 Å². The number of hydrogen-bond donors (Lipinski definition) is 2. The van der Waals surface area contributed by atoms with Gasteiger partial charge in [0, 0.05) is 11.4 Å². The lowest BCUT2D eigenvalue weighted by Gasteiger charge is -2.08. The van der Waals surface area contributed by atoms with Crippen molar-refractivity contribution >= 4 is 45.8 Å². The summed E-state index contributed by atoms with van der Waals surface area (Å²) >= 11 is 11.8. The van der Waals surface area contributed by atoms with Crippen LogP contribution in [0.15, 0.2) is 48.2 Å². The number of ether oxygens (including phenoxy) is 2. The Morgan fingerprint density at radius 1 is 1.23 bits per heavy atom. The average Bonchev–Trinajstić information content (AvgIpc) is 3.15. The molecule has 30 heavy (non-hydrogen) atoms. The number of nitrogens with one attached hydrogen (secondary N) is 1. The number of rotatable bonds is 8. The van der Waals surface area contributed by atoms with Gasteiger partial charge in [0.05, 0.1) is 22.7 Å². The van der Waals surface area contributed by atoms with Crippen molar-refractivity contribution in [2.24, 2.45) is 0 Å². The number of nitrogens with zero attached hydrogens (tertiary/aromatic N) is 2. The van der Waals surface area contributed by atoms with Crippen molar-refractivity contribution < 1.29 is 19.4 Å². The summed E-state index contributed by atoms with van der Waals surface area (Å²) in [7, 11) is 0. The second kappa shape index (κ2) is 10.0. The molecule has 0 unspecified atom stereocenters. The van der Waals surface area contributed by atoms with Crippen LogP contribution in [0.3, 0.4) is 0 Å². The van der Waals surface area contributed by atoms with Crippen LogP contribution in [-0.4, -0.2) is 34.3 Å². The average molecular weight is 446 g/mol. The predicted molar refractivity (Wildman–Crippen MR) is 113 cm³/mol. The molecule has 3 rings (SSSR count). The number of halogens is 2. The number of aromatic amines is 1. The maximum atomic E-state index is 11.9. The third-order valence-electron chi connectivity index (χ3n) is 4.07. The molecule has 0 spiro atoms. The van der Waals surface area contributed by atoms with Crippen molar-refractivity contribution in [2.75, 3.05) is 13.2 Å². The molecule has 1 heterocycles. The van der Waals surface area contributed by atoms with Crippen LogP contribution in [0.2, 0.25) is 10.0 Å². The molecule has 0 radical (unpaired) electrons. The van der Waals surface area contributed by atoms with Crippen LogP contribution in [0.4, 0.5) is 0 Å². The molecule has 0 saturated heterocycles. The summed E-state index contributed by atoms with van der Waals surface area (Å²) in [4.78, 5) is 19.1. The highest BCUT2D eigenvalue weighted by Crippen LogP contribution is 2.27. The van der Waals surface area contributed by atoms with E-state index in [9.17, 15) is 15.2 Å². The highest BCUT2D eigenvalue weighted by molar-refractivity contribution is 6.35. The van der Waals surface area contributed by atoms with Crippen LogP contribution in [0.5, 0.6) is 5.75 Å². The maximum Gasteiger partial charge on any atom is 0.306 e. The van der Waals surface area contributed by atoms with Gasteiger partial charge in [0.1, 0.15) is 24.0 Å². The van der Waals surface area contributed by atoms with Crippen molar-refractivity contribution in [3.05, 3.63) is 64.1 Å². The molecular weight excluding hydrogens is 429 g/mol. The number of aliphatic hydroxyl groups is 1. The monoisotopic (exact) mass is 445 g/mol. The van der Waals surface area contributed by atoms with Crippen molar-refractivity contribution in [1.82, 2.24) is 9.97 Å². The first-order valence-corrected chi connectivity index (χ1v) is 9.74. The summed E-state index contributed by atoms with van der Waals surface area (Å²) in [5.41, 5.74) is 1.30. The Balaban J connectivity index is 1.49. The molecule has 1 aromatic heterocycles. The van der Waals surface area contributed by atoms with E-state index in [1.165, 1.54) is 0 Å². The predicted octanol–water partition coefficient (Wildman–Crippen LogP) is 5.06. The SMILES string of the molecule is N#C/C(=C(/O)COC(=O)CCCOc1ccc(Cl)cc1Cl)c1nc2ccccc2[nH]1. The molecule has 0 aliphatic carbocycles. The van der Waals surface area contributed by atoms with E-state index in [-0.39, 0.29) is 30.2 Å². The van der Waals surface area contributed by atoms with Gasteiger partial charge in [-0.25, -0.2) is 4.98 Å². The molecule has 154 valence electrons. The number of carbonyl (C=O) groups excluding carboxylic acids is 1. The highest BCUT2D eigenvalue weighted by atomic mass is 35.5. The molecule has 7 nitrogen and oxygen atoms in total. The Bertz CT molecular complexity index is 1100. The summed E-state index contributed by atoms with van der Waals surface area (Å²) < 4.78 is 10.5. The first-order chi connectivity index (χ1) is 14.5. The van der Waals surface area contributed by atoms with Gasteiger partial charge in [0.2, 0.25) is 0 Å². The molecular formula is C21H17Cl2N3O4. The lowest BCUT2D eigenvalue weighted by molar-refractivity contribution is -0.143. The third-order valence-corrected chi connectivity index (χ3v) is 4.60. The zero-order chi connectivity index (χ0) is 21.5. The summed E-state index contributed by atoms with van der Waals surface area (Å²) in [6.45, 7) is -0.177. The largest absolute Gasteiger partial charge is 0.507 e. The number of aromatic nitrogens is 2. The molecule has 0 amide bonds. The minimum atomic E-state index is -0.533. The fourth-order valence-corrected chi connectivity index (χ4v) is 3.07. The van der Waals surface area contributed by atoms with E-state index in [2.05, 4.69) is 9.97 Å². The number of hydrogen-bond acceptors (Lipinski definition) is 6. The second-order valence-electron chi connectivity index (χ2n) is 6.22. The van der Waals surface area contributed by atoms with Crippen molar-refractivity contribution in [3.8, 4) is 11.8 Å². The highest BCUT2D eigenvalue weighted by Gasteiger charge is 2.15. The minimum Gasteiger partial charge on any atom is -0.507 e. The fraction of sp³-hybridized carbons (Fsp3) is 0.190. The topological polar surface area (TPSA) is 108 Å². The lowest BCUT2D eigenvalue weighted by atomic mass is 10.2. The van der Waals surface area contributed by atoms with E-state index < -0.39 is 12.6 Å². The maximum absolute atomic E-state index is 11.9. The van der Waals surface area contributed by atoms with E-state index in [1.54, 1.807) is 30.3 Å². The Hall–Kier alpha value is -3.21. The lowest BCUT2D eigenvalue weighted by Crippen LogP contribution is -2.10. The first kappa shape index (κ1) is 21.5. The minimum absolute atomic E-state index is 0.0744. The van der Waals surface area contributed by atoms with E-state index in [1.807, 2.05) is 18.2 Å². The third kappa shape index (κ3) is 5.44. The van der Waals surface area contributed by atoms with Gasteiger partial charge in [-0.05, 0) is 36.8 Å². The number of H-pyrrole nitrogens is 1. The van der Waals surface area contributed by atoms with Crippen LogP contribution in [0.1, 0.15) is 18.7 Å². The molecule has 0 atom stereocenters. The van der Waals surface area contributed by atoms with Gasteiger partial charge < -0.3 is 19.6 Å². The van der Waals surface area contributed by atoms with Crippen LogP contribution < -0.4 is 4.74 Å². The number of aliphatic hydroxyl groups excluding tert-OH is 1. The molecule has 0 fully saturated rings. The first-order valence-electron chi connectivity index (χ1n) is 8.98. The standard InChI is InChI=1S/C21H17Cl2N3O4/c22-13-7-8-19(15(23)10-13)29-9-3-6-20(28)30-12-18(27)14(11-24)21-25-16-4-1-2-5-17(16)26-21/h1-2,4-5,7-8,10,27H,3,6,9,12H2,(H,25,26)/b18-14-. The zero-order valence-electron chi connectivity index (χ0n) is 15.7. The number of imidazole rings is 1.